The molecule has 7 nitrogen and oxygen atoms in total. The van der Waals surface area contributed by atoms with Crippen LogP contribution in [0.15, 0.2) is 152 Å². The van der Waals surface area contributed by atoms with Crippen LogP contribution in [0.4, 0.5) is 0 Å². The van der Waals surface area contributed by atoms with E-state index in [1.807, 2.05) is 18.2 Å². The summed E-state index contributed by atoms with van der Waals surface area (Å²) in [6.07, 6.45) is 7.74. The fourth-order valence-corrected chi connectivity index (χ4v) is 19.5. The van der Waals surface area contributed by atoms with E-state index in [1.54, 1.807) is 14.2 Å². The lowest BCUT2D eigenvalue weighted by Gasteiger charge is -2.46. The van der Waals surface area contributed by atoms with Crippen molar-refractivity contribution in [2.24, 2.45) is 11.8 Å². The maximum atomic E-state index is 14.1. The average molecular weight is 912 g/mol. The maximum absolute atomic E-state index is 14.1. The predicted octanol–water partition coefficient (Wildman–Crippen LogP) is 9.73. The Labute approximate surface area is 391 Å². The van der Waals surface area contributed by atoms with Gasteiger partial charge in [-0.1, -0.05) is 201 Å². The second-order valence-corrected chi connectivity index (χ2v) is 28.2. The molecule has 346 valence electrons. The lowest BCUT2D eigenvalue weighted by Crippen LogP contribution is -2.68. The molecule has 0 radical (unpaired) electrons. The highest BCUT2D eigenvalue weighted by Crippen LogP contribution is 2.45. The van der Waals surface area contributed by atoms with Crippen LogP contribution in [0.1, 0.15) is 92.6 Å². The topological polar surface area (TPSA) is 86.3 Å². The molecule has 0 saturated heterocycles. The summed E-state index contributed by atoms with van der Waals surface area (Å²) >= 11 is 0. The van der Waals surface area contributed by atoms with Gasteiger partial charge in [0.1, 0.15) is 11.5 Å². The molecule has 1 fully saturated rings. The van der Waals surface area contributed by atoms with Gasteiger partial charge in [-0.2, -0.15) is 0 Å². The van der Waals surface area contributed by atoms with Crippen LogP contribution in [0.25, 0.3) is 0 Å². The number of amides is 1. The highest BCUT2D eigenvalue weighted by molar-refractivity contribution is 7.00. The third-order valence-electron chi connectivity index (χ3n) is 13.4. The van der Waals surface area contributed by atoms with Crippen molar-refractivity contribution in [2.75, 3.05) is 14.2 Å². The molecule has 6 rings (SSSR count). The van der Waals surface area contributed by atoms with Crippen molar-refractivity contribution < 1.29 is 28.2 Å². The summed E-state index contributed by atoms with van der Waals surface area (Å²) in [5.74, 6) is 0.486. The van der Waals surface area contributed by atoms with Gasteiger partial charge in [0.05, 0.1) is 32.5 Å². The van der Waals surface area contributed by atoms with Gasteiger partial charge >= 0.3 is 0 Å². The van der Waals surface area contributed by atoms with Crippen molar-refractivity contribution in [3.05, 3.63) is 157 Å². The van der Waals surface area contributed by atoms with E-state index in [-0.39, 0.29) is 47.1 Å². The van der Waals surface area contributed by atoms with Crippen LogP contribution in [0.3, 0.4) is 0 Å². The van der Waals surface area contributed by atoms with Gasteiger partial charge in [0.25, 0.3) is 16.6 Å². The van der Waals surface area contributed by atoms with Crippen molar-refractivity contribution in [2.45, 2.75) is 122 Å². The first kappa shape index (κ1) is 49.7. The minimum absolute atomic E-state index is 0.130. The lowest BCUT2D eigenvalue weighted by molar-refractivity contribution is -0.123. The van der Waals surface area contributed by atoms with Crippen molar-refractivity contribution >= 4 is 43.3 Å². The number of carbonyl (C=O) groups is 1. The number of benzene rings is 5. The number of aliphatic hydroxyl groups is 1. The highest BCUT2D eigenvalue weighted by atomic mass is 28.4. The molecule has 0 aromatic heterocycles. The molecule has 1 aliphatic carbocycles. The van der Waals surface area contributed by atoms with Gasteiger partial charge in [0.2, 0.25) is 5.91 Å². The van der Waals surface area contributed by atoms with Crippen molar-refractivity contribution in [3.63, 3.8) is 0 Å². The molecule has 65 heavy (non-hydrogen) atoms. The van der Waals surface area contributed by atoms with Crippen molar-refractivity contribution in [1.29, 1.82) is 0 Å². The number of hydrogen-bond acceptors (Lipinski definition) is 6. The Balaban J connectivity index is 1.44. The quantitative estimate of drug-likeness (QED) is 0.0460. The Hall–Kier alpha value is -4.78. The second kappa shape index (κ2) is 22.1. The first-order chi connectivity index (χ1) is 31.2. The van der Waals surface area contributed by atoms with E-state index in [1.165, 1.54) is 20.7 Å². The van der Waals surface area contributed by atoms with Gasteiger partial charge in [-0.05, 0) is 55.8 Å². The van der Waals surface area contributed by atoms with Gasteiger partial charge in [0.15, 0.2) is 0 Å². The minimum atomic E-state index is -3.06. The van der Waals surface area contributed by atoms with Gasteiger partial charge in [-0.15, -0.1) is 0 Å². The fraction of sp³-hybridized carbons (Fsp3) is 0.411. The molecule has 2 N–H and O–H groups in total. The van der Waals surface area contributed by atoms with E-state index in [2.05, 4.69) is 187 Å². The van der Waals surface area contributed by atoms with Crippen LogP contribution in [0.5, 0.6) is 11.5 Å². The summed E-state index contributed by atoms with van der Waals surface area (Å²) in [6, 6.07) is 48.6. The third kappa shape index (κ3) is 11.3. The van der Waals surface area contributed by atoms with Crippen LogP contribution in [-0.2, 0) is 20.2 Å². The van der Waals surface area contributed by atoms with Crippen LogP contribution in [0.2, 0.25) is 10.1 Å². The number of hydrogen-bond donors (Lipinski definition) is 2. The van der Waals surface area contributed by atoms with Crippen molar-refractivity contribution in [1.82, 2.24) is 5.32 Å². The summed E-state index contributed by atoms with van der Waals surface area (Å²) < 4.78 is 26.8. The van der Waals surface area contributed by atoms with E-state index >= 15 is 0 Å². The first-order valence-electron chi connectivity index (χ1n) is 23.6. The number of methoxy groups -OCH3 is 2. The monoisotopic (exact) mass is 911 g/mol. The lowest BCUT2D eigenvalue weighted by atomic mass is 9.89. The Kier molecular flexibility index (Phi) is 16.9. The van der Waals surface area contributed by atoms with E-state index < -0.39 is 28.7 Å². The molecule has 0 aliphatic heterocycles. The SMILES string of the molecule is CCCCC[C@@H](C=CC1C(O[Si](c2ccccc2)(c2ccccc2)C(C)(C)C)CC(O)C1CC(=O)NCc1ccc(OC)cc1OC)O[Si](c1ccccc1)(c1ccccc1)C(C)(C)C. The van der Waals surface area contributed by atoms with E-state index in [0.717, 1.165) is 31.2 Å². The first-order valence-corrected chi connectivity index (χ1v) is 27.4. The molecule has 1 aliphatic rings. The normalized spacial score (nSPS) is 18.7. The minimum Gasteiger partial charge on any atom is -0.497 e. The zero-order valence-electron chi connectivity index (χ0n) is 40.3. The standard InChI is InChI=1S/C56H73NO6Si2/c1-10-11-16-25-43(62-64(55(2,3)4,45-26-17-12-18-27-45)46-28-19-13-20-29-46)36-37-49-50(39-54(59)57-41-42-34-35-44(60-8)38-52(42)61-9)51(58)40-53(49)63-65(56(5,6)7,47-30-21-14-22-31-47)48-32-23-15-24-33-48/h12-15,17-24,26-38,43,49-51,53,58H,10-11,16,25,39-41H2,1-9H3,(H,57,59)/t43-,49?,50?,51?,53?/m0/s1. The average Bonchev–Trinajstić information content (AvgIpc) is 3.60. The Morgan fingerprint density at radius 2 is 1.23 bits per heavy atom. The third-order valence-corrected chi connectivity index (χ3v) is 23.5. The summed E-state index contributed by atoms with van der Waals surface area (Å²) in [5, 5.41) is 19.7. The predicted molar refractivity (Wildman–Crippen MR) is 272 cm³/mol. The Bertz CT molecular complexity index is 2180. The number of nitrogens with one attached hydrogen (secondary N) is 1. The van der Waals surface area contributed by atoms with Crippen LogP contribution in [-0.4, -0.2) is 60.2 Å². The zero-order valence-corrected chi connectivity index (χ0v) is 42.3. The molecule has 0 spiro atoms. The summed E-state index contributed by atoms with van der Waals surface area (Å²) in [5.41, 5.74) is 0.841. The van der Waals surface area contributed by atoms with Gasteiger partial charge in [-0.25, -0.2) is 0 Å². The summed E-state index contributed by atoms with van der Waals surface area (Å²) in [6.45, 7) is 16.3. The fourth-order valence-electron chi connectivity index (χ4n) is 10.1. The molecule has 0 bridgehead atoms. The zero-order chi connectivity index (χ0) is 46.7. The van der Waals surface area contributed by atoms with Gasteiger partial charge in [-0.3, -0.25) is 4.79 Å². The van der Waals surface area contributed by atoms with Crippen LogP contribution >= 0.6 is 0 Å². The highest BCUT2D eigenvalue weighted by Gasteiger charge is 2.55. The van der Waals surface area contributed by atoms with Crippen LogP contribution < -0.4 is 35.5 Å². The molecular weight excluding hydrogens is 839 g/mol. The van der Waals surface area contributed by atoms with E-state index in [4.69, 9.17) is 18.3 Å². The van der Waals surface area contributed by atoms with E-state index in [9.17, 15) is 9.90 Å². The molecule has 1 amide bonds. The largest absolute Gasteiger partial charge is 0.497 e. The number of aliphatic hydroxyl groups excluding tert-OH is 1. The van der Waals surface area contributed by atoms with Gasteiger partial charge < -0.3 is 28.7 Å². The molecule has 1 saturated carbocycles. The number of unbranched alkanes of at least 4 members (excludes halogenated alkanes) is 2. The van der Waals surface area contributed by atoms with Gasteiger partial charge in [0, 0.05) is 36.4 Å². The molecule has 4 unspecified atom stereocenters. The molecule has 5 atom stereocenters. The smallest absolute Gasteiger partial charge is 0.261 e. The second-order valence-electron chi connectivity index (χ2n) is 19.7. The Morgan fingerprint density at radius 3 is 1.69 bits per heavy atom. The molecule has 5 aromatic rings. The maximum Gasteiger partial charge on any atom is 0.261 e. The summed E-state index contributed by atoms with van der Waals surface area (Å²) in [7, 11) is -2.76. The summed E-state index contributed by atoms with van der Waals surface area (Å²) in [4.78, 5) is 14.1. The van der Waals surface area contributed by atoms with Crippen molar-refractivity contribution in [3.8, 4) is 11.5 Å². The molecular formula is C56H73NO6Si2. The van der Waals surface area contributed by atoms with Crippen LogP contribution in [0, 0.1) is 11.8 Å². The Morgan fingerprint density at radius 1 is 0.723 bits per heavy atom. The number of ether oxygens (including phenoxy) is 2. The molecule has 0 heterocycles. The number of rotatable bonds is 20. The molecule has 5 aromatic carbocycles. The number of carbonyl (C=O) groups excluding carboxylic acids is 1. The molecule has 9 heteroatoms. The van der Waals surface area contributed by atoms with E-state index in [0.29, 0.717) is 17.9 Å².